The third-order valence-corrected chi connectivity index (χ3v) is 3.15. The Kier molecular flexibility index (Phi) is 3.34. The molecule has 0 saturated carbocycles. The molecule has 16 heavy (non-hydrogen) atoms. The van der Waals surface area contributed by atoms with Gasteiger partial charge in [0.2, 0.25) is 0 Å². The first-order valence-electron chi connectivity index (χ1n) is 5.84. The van der Waals surface area contributed by atoms with Gasteiger partial charge in [0.15, 0.2) is 0 Å². The van der Waals surface area contributed by atoms with Crippen LogP contribution in [0, 0.1) is 6.92 Å². The van der Waals surface area contributed by atoms with E-state index in [2.05, 4.69) is 42.3 Å². The van der Waals surface area contributed by atoms with Gasteiger partial charge in [-0.15, -0.1) is 0 Å². The molecule has 1 N–H and O–H groups in total. The summed E-state index contributed by atoms with van der Waals surface area (Å²) in [5.74, 6) is 0.980. The molecule has 2 rings (SSSR count). The van der Waals surface area contributed by atoms with E-state index in [1.165, 1.54) is 11.3 Å². The van der Waals surface area contributed by atoms with E-state index in [4.69, 9.17) is 4.74 Å². The Labute approximate surface area is 97.4 Å². The standard InChI is InChI=1S/C13H20N2O/c1-10-4-5-12(13(8-10)16-3)15-7-6-14-9-11(15)2/h4-5,8,11,14H,6-7,9H2,1-3H3. The zero-order chi connectivity index (χ0) is 11.5. The topological polar surface area (TPSA) is 24.5 Å². The number of ether oxygens (including phenoxy) is 1. The fourth-order valence-corrected chi connectivity index (χ4v) is 2.22. The molecule has 0 spiro atoms. The van der Waals surface area contributed by atoms with E-state index < -0.39 is 0 Å². The van der Waals surface area contributed by atoms with Gasteiger partial charge in [-0.25, -0.2) is 0 Å². The molecule has 1 heterocycles. The molecular weight excluding hydrogens is 200 g/mol. The molecule has 0 amide bonds. The van der Waals surface area contributed by atoms with Gasteiger partial charge in [-0.05, 0) is 31.5 Å². The lowest BCUT2D eigenvalue weighted by atomic mass is 10.1. The molecule has 0 radical (unpaired) electrons. The van der Waals surface area contributed by atoms with Crippen LogP contribution in [0.1, 0.15) is 12.5 Å². The van der Waals surface area contributed by atoms with Gasteiger partial charge in [0.1, 0.15) is 5.75 Å². The Bertz CT molecular complexity index is 365. The van der Waals surface area contributed by atoms with Crippen LogP contribution in [0.25, 0.3) is 0 Å². The quantitative estimate of drug-likeness (QED) is 0.822. The van der Waals surface area contributed by atoms with Crippen LogP contribution in [0.2, 0.25) is 0 Å². The predicted octanol–water partition coefficient (Wildman–Crippen LogP) is 1.80. The van der Waals surface area contributed by atoms with Crippen molar-refractivity contribution in [1.29, 1.82) is 0 Å². The van der Waals surface area contributed by atoms with Crippen molar-refractivity contribution < 1.29 is 4.74 Å². The highest BCUT2D eigenvalue weighted by molar-refractivity contribution is 5.60. The second-order valence-electron chi connectivity index (χ2n) is 4.42. The predicted molar refractivity (Wildman–Crippen MR) is 67.4 cm³/mol. The van der Waals surface area contributed by atoms with Crippen molar-refractivity contribution in [2.24, 2.45) is 0 Å². The molecule has 3 heteroatoms. The average Bonchev–Trinajstić information content (AvgIpc) is 2.30. The Morgan fingerprint density at radius 2 is 2.25 bits per heavy atom. The number of nitrogens with zero attached hydrogens (tertiary/aromatic N) is 1. The van der Waals surface area contributed by atoms with Crippen molar-refractivity contribution in [3.05, 3.63) is 23.8 Å². The summed E-state index contributed by atoms with van der Waals surface area (Å²) in [5, 5.41) is 3.40. The van der Waals surface area contributed by atoms with Crippen molar-refractivity contribution >= 4 is 5.69 Å². The SMILES string of the molecule is COc1cc(C)ccc1N1CCNCC1C. The molecule has 88 valence electrons. The Morgan fingerprint density at radius 1 is 1.44 bits per heavy atom. The molecule has 1 unspecified atom stereocenters. The lowest BCUT2D eigenvalue weighted by Crippen LogP contribution is -2.50. The molecule has 1 aliphatic heterocycles. The van der Waals surface area contributed by atoms with Gasteiger partial charge < -0.3 is 15.0 Å². The third kappa shape index (κ3) is 2.14. The van der Waals surface area contributed by atoms with Crippen LogP contribution in [0.3, 0.4) is 0 Å². The van der Waals surface area contributed by atoms with E-state index in [0.717, 1.165) is 25.4 Å². The number of rotatable bonds is 2. The van der Waals surface area contributed by atoms with E-state index in [1.807, 2.05) is 0 Å². The second-order valence-corrected chi connectivity index (χ2v) is 4.42. The Morgan fingerprint density at radius 3 is 2.94 bits per heavy atom. The molecule has 0 bridgehead atoms. The number of hydrogen-bond donors (Lipinski definition) is 1. The number of benzene rings is 1. The maximum atomic E-state index is 5.47. The number of anilines is 1. The van der Waals surface area contributed by atoms with E-state index >= 15 is 0 Å². The van der Waals surface area contributed by atoms with Gasteiger partial charge >= 0.3 is 0 Å². The van der Waals surface area contributed by atoms with Gasteiger partial charge in [0, 0.05) is 25.7 Å². The van der Waals surface area contributed by atoms with Crippen LogP contribution in [0.15, 0.2) is 18.2 Å². The molecule has 0 aliphatic carbocycles. The normalized spacial score (nSPS) is 20.9. The number of hydrogen-bond acceptors (Lipinski definition) is 3. The van der Waals surface area contributed by atoms with Crippen molar-refractivity contribution in [1.82, 2.24) is 5.32 Å². The average molecular weight is 220 g/mol. The summed E-state index contributed by atoms with van der Waals surface area (Å²) in [6.45, 7) is 7.46. The zero-order valence-electron chi connectivity index (χ0n) is 10.3. The van der Waals surface area contributed by atoms with Gasteiger partial charge in [-0.3, -0.25) is 0 Å². The number of nitrogens with one attached hydrogen (secondary N) is 1. The van der Waals surface area contributed by atoms with Gasteiger partial charge in [0.05, 0.1) is 12.8 Å². The molecule has 1 aromatic rings. The van der Waals surface area contributed by atoms with Crippen LogP contribution in [0.4, 0.5) is 5.69 Å². The molecule has 3 nitrogen and oxygen atoms in total. The third-order valence-electron chi connectivity index (χ3n) is 3.15. The number of piperazine rings is 1. The zero-order valence-corrected chi connectivity index (χ0v) is 10.3. The van der Waals surface area contributed by atoms with Crippen LogP contribution in [0.5, 0.6) is 5.75 Å². The smallest absolute Gasteiger partial charge is 0.142 e. The first-order chi connectivity index (χ1) is 7.72. The lowest BCUT2D eigenvalue weighted by molar-refractivity contribution is 0.409. The number of methoxy groups -OCH3 is 1. The van der Waals surface area contributed by atoms with E-state index in [1.54, 1.807) is 7.11 Å². The summed E-state index contributed by atoms with van der Waals surface area (Å²) in [5.41, 5.74) is 2.45. The molecule has 1 aliphatic rings. The first kappa shape index (κ1) is 11.3. The molecule has 1 aromatic carbocycles. The maximum absolute atomic E-state index is 5.47. The van der Waals surface area contributed by atoms with Gasteiger partial charge in [0.25, 0.3) is 0 Å². The summed E-state index contributed by atoms with van der Waals surface area (Å²) >= 11 is 0. The highest BCUT2D eigenvalue weighted by atomic mass is 16.5. The fourth-order valence-electron chi connectivity index (χ4n) is 2.22. The Hall–Kier alpha value is -1.22. The van der Waals surface area contributed by atoms with Crippen molar-refractivity contribution in [3.8, 4) is 5.75 Å². The Balaban J connectivity index is 2.30. The van der Waals surface area contributed by atoms with Gasteiger partial charge in [-0.1, -0.05) is 6.07 Å². The molecule has 0 aromatic heterocycles. The van der Waals surface area contributed by atoms with Crippen LogP contribution in [-0.4, -0.2) is 32.8 Å². The lowest BCUT2D eigenvalue weighted by Gasteiger charge is -2.36. The minimum absolute atomic E-state index is 0.519. The highest BCUT2D eigenvalue weighted by Crippen LogP contribution is 2.30. The minimum Gasteiger partial charge on any atom is -0.495 e. The first-order valence-corrected chi connectivity index (χ1v) is 5.84. The summed E-state index contributed by atoms with van der Waals surface area (Å²) in [6.07, 6.45) is 0. The van der Waals surface area contributed by atoms with Crippen molar-refractivity contribution in [3.63, 3.8) is 0 Å². The number of aryl methyl sites for hydroxylation is 1. The summed E-state index contributed by atoms with van der Waals surface area (Å²) in [7, 11) is 1.74. The summed E-state index contributed by atoms with van der Waals surface area (Å²) < 4.78 is 5.47. The fraction of sp³-hybridized carbons (Fsp3) is 0.538. The van der Waals surface area contributed by atoms with Gasteiger partial charge in [-0.2, -0.15) is 0 Å². The largest absolute Gasteiger partial charge is 0.495 e. The molecular formula is C13H20N2O. The van der Waals surface area contributed by atoms with Crippen molar-refractivity contribution in [2.45, 2.75) is 19.9 Å². The second kappa shape index (κ2) is 4.74. The van der Waals surface area contributed by atoms with Crippen LogP contribution < -0.4 is 15.0 Å². The summed E-state index contributed by atoms with van der Waals surface area (Å²) in [6, 6.07) is 6.93. The maximum Gasteiger partial charge on any atom is 0.142 e. The van der Waals surface area contributed by atoms with E-state index in [9.17, 15) is 0 Å². The molecule has 1 atom stereocenters. The summed E-state index contributed by atoms with van der Waals surface area (Å²) in [4.78, 5) is 2.41. The monoisotopic (exact) mass is 220 g/mol. The van der Waals surface area contributed by atoms with Crippen LogP contribution in [-0.2, 0) is 0 Å². The molecule has 1 fully saturated rings. The van der Waals surface area contributed by atoms with E-state index in [-0.39, 0.29) is 0 Å². The minimum atomic E-state index is 0.519. The highest BCUT2D eigenvalue weighted by Gasteiger charge is 2.20. The van der Waals surface area contributed by atoms with E-state index in [0.29, 0.717) is 6.04 Å². The van der Waals surface area contributed by atoms with Crippen LogP contribution >= 0.6 is 0 Å². The van der Waals surface area contributed by atoms with Crippen molar-refractivity contribution in [2.75, 3.05) is 31.6 Å². The molecule has 1 saturated heterocycles.